The Morgan fingerprint density at radius 3 is 2.40 bits per heavy atom. The summed E-state index contributed by atoms with van der Waals surface area (Å²) in [5, 5.41) is 2.82. The topological polar surface area (TPSA) is 95.6 Å². The quantitative estimate of drug-likeness (QED) is 0.737. The van der Waals surface area contributed by atoms with Crippen molar-refractivity contribution in [1.82, 2.24) is 14.9 Å². The fraction of sp³-hybridized carbons (Fsp3) is 0.364. The standard InChI is InChI=1S/C22H27N3O4S/c1-15-11-19(13-20(16(15)2)30(28,29)23-3)21(26)24-14-17-7-6-8-18(12-17)22(27)25-9-4-5-10-25/h6-8,11-13,23H,4-5,9-10,14H2,1-3H3,(H,24,26). The second-order valence-electron chi connectivity index (χ2n) is 7.51. The number of hydrogen-bond donors (Lipinski definition) is 2. The minimum Gasteiger partial charge on any atom is -0.348 e. The Kier molecular flexibility index (Phi) is 6.58. The Morgan fingerprint density at radius 2 is 1.73 bits per heavy atom. The lowest BCUT2D eigenvalue weighted by atomic mass is 10.1. The van der Waals surface area contributed by atoms with E-state index < -0.39 is 10.0 Å². The molecule has 0 unspecified atom stereocenters. The zero-order valence-electron chi connectivity index (χ0n) is 17.5. The van der Waals surface area contributed by atoms with E-state index in [1.807, 2.05) is 11.0 Å². The fourth-order valence-electron chi connectivity index (χ4n) is 3.55. The summed E-state index contributed by atoms with van der Waals surface area (Å²) >= 11 is 0. The van der Waals surface area contributed by atoms with Gasteiger partial charge in [-0.25, -0.2) is 13.1 Å². The molecule has 2 amide bonds. The van der Waals surface area contributed by atoms with E-state index >= 15 is 0 Å². The van der Waals surface area contributed by atoms with Crippen LogP contribution in [0.25, 0.3) is 0 Å². The average molecular weight is 430 g/mol. The number of likely N-dealkylation sites (tertiary alicyclic amines) is 1. The zero-order chi connectivity index (χ0) is 21.9. The average Bonchev–Trinajstić information content (AvgIpc) is 3.28. The first-order valence-electron chi connectivity index (χ1n) is 9.94. The van der Waals surface area contributed by atoms with Crippen molar-refractivity contribution in [2.24, 2.45) is 0 Å². The van der Waals surface area contributed by atoms with E-state index in [2.05, 4.69) is 10.0 Å². The van der Waals surface area contributed by atoms with E-state index in [-0.39, 0.29) is 28.8 Å². The molecular formula is C22H27N3O4S. The van der Waals surface area contributed by atoms with E-state index in [0.29, 0.717) is 11.1 Å². The van der Waals surface area contributed by atoms with Crippen LogP contribution in [-0.4, -0.2) is 45.3 Å². The normalized spacial score (nSPS) is 14.0. The predicted octanol–water partition coefficient (Wildman–Crippen LogP) is 2.38. The third-order valence-electron chi connectivity index (χ3n) is 5.46. The molecule has 160 valence electrons. The summed E-state index contributed by atoms with van der Waals surface area (Å²) in [6.07, 6.45) is 2.06. The number of rotatable bonds is 6. The van der Waals surface area contributed by atoms with Crippen LogP contribution in [-0.2, 0) is 16.6 Å². The molecule has 7 nitrogen and oxygen atoms in total. The minimum absolute atomic E-state index is 0.0109. The Bertz CT molecular complexity index is 1070. The van der Waals surface area contributed by atoms with Crippen LogP contribution in [0.3, 0.4) is 0 Å². The molecule has 0 aromatic heterocycles. The minimum atomic E-state index is -3.67. The fourth-order valence-corrected chi connectivity index (χ4v) is 4.61. The van der Waals surface area contributed by atoms with Crippen molar-refractivity contribution in [3.05, 3.63) is 64.2 Å². The third kappa shape index (κ3) is 4.71. The largest absolute Gasteiger partial charge is 0.348 e. The van der Waals surface area contributed by atoms with E-state index in [1.165, 1.54) is 13.1 Å². The van der Waals surface area contributed by atoms with Gasteiger partial charge in [-0.05, 0) is 74.7 Å². The monoisotopic (exact) mass is 429 g/mol. The summed E-state index contributed by atoms with van der Waals surface area (Å²) in [5.41, 5.74) is 3.01. The van der Waals surface area contributed by atoms with Crippen molar-refractivity contribution in [2.75, 3.05) is 20.1 Å². The number of aryl methyl sites for hydroxylation is 1. The molecule has 1 heterocycles. The summed E-state index contributed by atoms with van der Waals surface area (Å²) < 4.78 is 26.8. The summed E-state index contributed by atoms with van der Waals surface area (Å²) in [5.74, 6) is -0.362. The van der Waals surface area contributed by atoms with Crippen LogP contribution in [0.4, 0.5) is 0 Å². The van der Waals surface area contributed by atoms with Gasteiger partial charge in [-0.3, -0.25) is 9.59 Å². The van der Waals surface area contributed by atoms with E-state index in [9.17, 15) is 18.0 Å². The number of carbonyl (C=O) groups excluding carboxylic acids is 2. The molecule has 0 saturated carbocycles. The SMILES string of the molecule is CNS(=O)(=O)c1cc(C(=O)NCc2cccc(C(=O)N3CCCC3)c2)cc(C)c1C. The van der Waals surface area contributed by atoms with Gasteiger partial charge in [0.15, 0.2) is 0 Å². The van der Waals surface area contributed by atoms with Gasteiger partial charge in [0.1, 0.15) is 0 Å². The van der Waals surface area contributed by atoms with Gasteiger partial charge in [0.05, 0.1) is 4.90 Å². The van der Waals surface area contributed by atoms with Crippen LogP contribution in [0, 0.1) is 13.8 Å². The number of sulfonamides is 1. The first kappa shape index (κ1) is 22.0. The molecule has 2 N–H and O–H groups in total. The Hall–Kier alpha value is -2.71. The Labute approximate surface area is 177 Å². The van der Waals surface area contributed by atoms with E-state index in [0.717, 1.165) is 37.1 Å². The van der Waals surface area contributed by atoms with Crippen LogP contribution in [0.2, 0.25) is 0 Å². The first-order valence-corrected chi connectivity index (χ1v) is 11.4. The van der Waals surface area contributed by atoms with Crippen molar-refractivity contribution >= 4 is 21.8 Å². The van der Waals surface area contributed by atoms with Crippen LogP contribution >= 0.6 is 0 Å². The molecule has 1 saturated heterocycles. The number of nitrogens with one attached hydrogen (secondary N) is 2. The van der Waals surface area contributed by atoms with Gasteiger partial charge in [0, 0.05) is 30.8 Å². The smallest absolute Gasteiger partial charge is 0.253 e. The maximum Gasteiger partial charge on any atom is 0.253 e. The highest BCUT2D eigenvalue weighted by atomic mass is 32.2. The molecule has 30 heavy (non-hydrogen) atoms. The maximum absolute atomic E-state index is 12.7. The maximum atomic E-state index is 12.7. The number of hydrogen-bond acceptors (Lipinski definition) is 4. The Morgan fingerprint density at radius 1 is 1.03 bits per heavy atom. The predicted molar refractivity (Wildman–Crippen MR) is 115 cm³/mol. The molecule has 1 aliphatic heterocycles. The van der Waals surface area contributed by atoms with Crippen LogP contribution in [0.5, 0.6) is 0 Å². The molecule has 3 rings (SSSR count). The van der Waals surface area contributed by atoms with Crippen LogP contribution in [0.15, 0.2) is 41.3 Å². The van der Waals surface area contributed by atoms with E-state index in [1.54, 1.807) is 38.1 Å². The van der Waals surface area contributed by atoms with Gasteiger partial charge < -0.3 is 10.2 Å². The summed E-state index contributed by atoms with van der Waals surface area (Å²) in [7, 11) is -2.33. The number of carbonyl (C=O) groups is 2. The number of benzene rings is 2. The molecule has 0 aliphatic carbocycles. The highest BCUT2D eigenvalue weighted by Crippen LogP contribution is 2.21. The molecule has 2 aromatic rings. The van der Waals surface area contributed by atoms with Gasteiger partial charge in [0.2, 0.25) is 10.0 Å². The lowest BCUT2D eigenvalue weighted by Crippen LogP contribution is -2.28. The van der Waals surface area contributed by atoms with Crippen LogP contribution < -0.4 is 10.0 Å². The number of amides is 2. The third-order valence-corrected chi connectivity index (χ3v) is 7.00. The molecular weight excluding hydrogens is 402 g/mol. The second kappa shape index (κ2) is 8.97. The first-order chi connectivity index (χ1) is 14.2. The molecule has 1 fully saturated rings. The van der Waals surface area contributed by atoms with Crippen molar-refractivity contribution in [2.45, 2.75) is 38.1 Å². The summed E-state index contributed by atoms with van der Waals surface area (Å²) in [6, 6.07) is 10.3. The van der Waals surface area contributed by atoms with Crippen molar-refractivity contribution < 1.29 is 18.0 Å². The van der Waals surface area contributed by atoms with Crippen molar-refractivity contribution in [3.8, 4) is 0 Å². The molecule has 0 atom stereocenters. The van der Waals surface area contributed by atoms with Gasteiger partial charge in [-0.1, -0.05) is 12.1 Å². The molecule has 1 aliphatic rings. The summed E-state index contributed by atoms with van der Waals surface area (Å²) in [6.45, 7) is 5.29. The molecule has 8 heteroatoms. The molecule has 0 bridgehead atoms. The van der Waals surface area contributed by atoms with Gasteiger partial charge in [-0.2, -0.15) is 0 Å². The van der Waals surface area contributed by atoms with Gasteiger partial charge in [0.25, 0.3) is 11.8 Å². The molecule has 0 radical (unpaired) electrons. The second-order valence-corrected chi connectivity index (χ2v) is 9.36. The lowest BCUT2D eigenvalue weighted by molar-refractivity contribution is 0.0792. The zero-order valence-corrected chi connectivity index (χ0v) is 18.3. The summed E-state index contributed by atoms with van der Waals surface area (Å²) in [4.78, 5) is 27.2. The van der Waals surface area contributed by atoms with Gasteiger partial charge in [-0.15, -0.1) is 0 Å². The van der Waals surface area contributed by atoms with Crippen LogP contribution in [0.1, 0.15) is 50.2 Å². The molecule has 0 spiro atoms. The highest BCUT2D eigenvalue weighted by Gasteiger charge is 2.21. The van der Waals surface area contributed by atoms with Gasteiger partial charge >= 0.3 is 0 Å². The number of nitrogens with zero attached hydrogens (tertiary/aromatic N) is 1. The lowest BCUT2D eigenvalue weighted by Gasteiger charge is -2.16. The molecule has 2 aromatic carbocycles. The van der Waals surface area contributed by atoms with Crippen molar-refractivity contribution in [1.29, 1.82) is 0 Å². The van der Waals surface area contributed by atoms with Crippen molar-refractivity contribution in [3.63, 3.8) is 0 Å². The Balaban J connectivity index is 1.75. The van der Waals surface area contributed by atoms with E-state index in [4.69, 9.17) is 0 Å². The highest BCUT2D eigenvalue weighted by molar-refractivity contribution is 7.89.